The van der Waals surface area contributed by atoms with Gasteiger partial charge in [0.15, 0.2) is 0 Å². The Labute approximate surface area is 219 Å². The SMILES string of the molecule is CC(C)(C)c1ccnc(-c2[c-]ccc3c2oc2ccccc23)c1.[Pt+2].[c-]1ccccc1-n1cccn1. The first kappa shape index (κ1) is 24.6. The van der Waals surface area contributed by atoms with Crippen molar-refractivity contribution in [3.05, 3.63) is 115 Å². The quantitative estimate of drug-likeness (QED) is 0.186. The molecule has 0 N–H and O–H groups in total. The van der Waals surface area contributed by atoms with Crippen LogP contribution in [0.15, 0.2) is 102 Å². The fraction of sp³-hybridized carbons (Fsp3) is 0.133. The summed E-state index contributed by atoms with van der Waals surface area (Å²) in [6.07, 6.45) is 5.51. The molecule has 6 rings (SSSR count). The predicted octanol–water partition coefficient (Wildman–Crippen LogP) is 7.42. The summed E-state index contributed by atoms with van der Waals surface area (Å²) in [6.45, 7) is 6.62. The fourth-order valence-electron chi connectivity index (χ4n) is 3.85. The number of nitrogens with zero attached hydrogens (tertiary/aromatic N) is 3. The van der Waals surface area contributed by atoms with E-state index in [0.29, 0.717) is 0 Å². The molecule has 0 saturated carbocycles. The van der Waals surface area contributed by atoms with Gasteiger partial charge in [0.1, 0.15) is 5.58 Å². The van der Waals surface area contributed by atoms with Crippen LogP contribution in [0.4, 0.5) is 0 Å². The van der Waals surface area contributed by atoms with E-state index in [1.54, 1.807) is 10.9 Å². The number of para-hydroxylation sites is 2. The van der Waals surface area contributed by atoms with Gasteiger partial charge < -0.3 is 9.40 Å². The molecule has 176 valence electrons. The second kappa shape index (κ2) is 10.4. The maximum Gasteiger partial charge on any atom is 2.00 e. The van der Waals surface area contributed by atoms with Crippen molar-refractivity contribution in [3.63, 3.8) is 0 Å². The minimum Gasteiger partial charge on any atom is -0.501 e. The van der Waals surface area contributed by atoms with Crippen molar-refractivity contribution in [3.8, 4) is 16.9 Å². The Kier molecular flexibility index (Phi) is 7.33. The summed E-state index contributed by atoms with van der Waals surface area (Å²) < 4.78 is 7.87. The Bertz CT molecular complexity index is 1530. The van der Waals surface area contributed by atoms with Gasteiger partial charge >= 0.3 is 21.1 Å². The summed E-state index contributed by atoms with van der Waals surface area (Å²) >= 11 is 0. The molecule has 3 aromatic carbocycles. The normalized spacial score (nSPS) is 11.1. The van der Waals surface area contributed by atoms with Gasteiger partial charge in [-0.25, -0.2) is 0 Å². The summed E-state index contributed by atoms with van der Waals surface area (Å²) in [4.78, 5) is 4.55. The molecular formula is C30H25N3OPt. The molecule has 0 bridgehead atoms. The predicted molar refractivity (Wildman–Crippen MR) is 137 cm³/mol. The minimum atomic E-state index is 0. The van der Waals surface area contributed by atoms with Crippen LogP contribution in [0.3, 0.4) is 0 Å². The molecule has 3 aromatic heterocycles. The second-order valence-corrected chi connectivity index (χ2v) is 9.07. The molecule has 3 heterocycles. The molecular weight excluding hydrogens is 613 g/mol. The van der Waals surface area contributed by atoms with Gasteiger partial charge in [0.25, 0.3) is 0 Å². The first-order valence-corrected chi connectivity index (χ1v) is 11.3. The van der Waals surface area contributed by atoms with E-state index >= 15 is 0 Å². The summed E-state index contributed by atoms with van der Waals surface area (Å²) in [5.74, 6) is 0. The van der Waals surface area contributed by atoms with Gasteiger partial charge in [0.2, 0.25) is 0 Å². The Morgan fingerprint density at radius 1 is 0.829 bits per heavy atom. The molecule has 0 saturated heterocycles. The van der Waals surface area contributed by atoms with Gasteiger partial charge in [-0.3, -0.25) is 4.68 Å². The third-order valence-corrected chi connectivity index (χ3v) is 5.66. The van der Waals surface area contributed by atoms with E-state index < -0.39 is 0 Å². The maximum atomic E-state index is 6.09. The molecule has 0 radical (unpaired) electrons. The van der Waals surface area contributed by atoms with Crippen LogP contribution in [0.2, 0.25) is 0 Å². The molecule has 0 atom stereocenters. The van der Waals surface area contributed by atoms with E-state index in [-0.39, 0.29) is 26.5 Å². The van der Waals surface area contributed by atoms with Crippen molar-refractivity contribution in [2.75, 3.05) is 0 Å². The molecule has 0 unspecified atom stereocenters. The van der Waals surface area contributed by atoms with Crippen molar-refractivity contribution in [1.29, 1.82) is 0 Å². The average Bonchev–Trinajstić information content (AvgIpc) is 3.53. The molecule has 4 nitrogen and oxygen atoms in total. The van der Waals surface area contributed by atoms with Crippen LogP contribution in [0.1, 0.15) is 26.3 Å². The van der Waals surface area contributed by atoms with Crippen LogP contribution >= 0.6 is 0 Å². The Morgan fingerprint density at radius 2 is 1.66 bits per heavy atom. The third kappa shape index (κ3) is 5.28. The number of pyridine rings is 1. The fourth-order valence-corrected chi connectivity index (χ4v) is 3.85. The summed E-state index contributed by atoms with van der Waals surface area (Å²) in [5.41, 5.74) is 5.88. The van der Waals surface area contributed by atoms with Crippen molar-refractivity contribution >= 4 is 21.9 Å². The smallest absolute Gasteiger partial charge is 0.501 e. The topological polar surface area (TPSA) is 43.9 Å². The van der Waals surface area contributed by atoms with Gasteiger partial charge in [-0.1, -0.05) is 56.0 Å². The molecule has 6 aromatic rings. The zero-order valence-corrected chi connectivity index (χ0v) is 22.1. The number of rotatable bonds is 2. The van der Waals surface area contributed by atoms with Gasteiger partial charge in [-0.15, -0.1) is 24.3 Å². The largest absolute Gasteiger partial charge is 2.00 e. The summed E-state index contributed by atoms with van der Waals surface area (Å²) in [7, 11) is 0. The van der Waals surface area contributed by atoms with Crippen molar-refractivity contribution < 1.29 is 25.5 Å². The maximum absolute atomic E-state index is 6.09. The second-order valence-electron chi connectivity index (χ2n) is 9.07. The number of aromatic nitrogens is 3. The zero-order valence-electron chi connectivity index (χ0n) is 19.8. The number of hydrogen-bond donors (Lipinski definition) is 0. The number of furan rings is 1. The summed E-state index contributed by atoms with van der Waals surface area (Å²) in [5, 5.41) is 6.31. The van der Waals surface area contributed by atoms with E-state index in [2.05, 4.69) is 67.3 Å². The van der Waals surface area contributed by atoms with Crippen LogP contribution in [-0.4, -0.2) is 14.8 Å². The molecule has 0 aliphatic rings. The van der Waals surface area contributed by atoms with Crippen LogP contribution in [-0.2, 0) is 26.5 Å². The van der Waals surface area contributed by atoms with E-state index in [0.717, 1.165) is 38.9 Å². The number of fused-ring (bicyclic) bond motifs is 3. The van der Waals surface area contributed by atoms with E-state index in [1.165, 1.54) is 5.56 Å². The van der Waals surface area contributed by atoms with Gasteiger partial charge in [0, 0.05) is 24.0 Å². The number of hydrogen-bond acceptors (Lipinski definition) is 3. The van der Waals surface area contributed by atoms with Crippen LogP contribution in [0, 0.1) is 12.1 Å². The van der Waals surface area contributed by atoms with E-state index in [1.807, 2.05) is 67.0 Å². The standard InChI is InChI=1S/C21H18NO.C9H7N2.Pt/c1-21(2,3)14-11-12-22-18(13-14)17-9-6-8-16-15-7-4-5-10-19(15)23-20(16)17;1-2-5-9(6-3-1)11-8-4-7-10-11;/h4-8,10-13H,1-3H3;1-5,7-8H;/q2*-1;+2. The van der Waals surface area contributed by atoms with Gasteiger partial charge in [-0.2, -0.15) is 29.4 Å². The average molecular weight is 639 g/mol. The van der Waals surface area contributed by atoms with E-state index in [9.17, 15) is 0 Å². The van der Waals surface area contributed by atoms with Crippen LogP contribution in [0.25, 0.3) is 38.9 Å². The third-order valence-electron chi connectivity index (χ3n) is 5.66. The molecule has 0 aliphatic heterocycles. The van der Waals surface area contributed by atoms with Gasteiger partial charge in [0.05, 0.1) is 5.58 Å². The molecule has 35 heavy (non-hydrogen) atoms. The summed E-state index contributed by atoms with van der Waals surface area (Å²) in [6, 6.07) is 32.3. The van der Waals surface area contributed by atoms with Gasteiger partial charge in [-0.05, 0) is 40.6 Å². The molecule has 0 fully saturated rings. The van der Waals surface area contributed by atoms with Crippen molar-refractivity contribution in [1.82, 2.24) is 14.8 Å². The zero-order chi connectivity index (χ0) is 23.5. The Hall–Kier alpha value is -3.49. The first-order chi connectivity index (χ1) is 16.5. The Balaban J connectivity index is 0.000000203. The molecule has 0 aliphatic carbocycles. The van der Waals surface area contributed by atoms with Crippen LogP contribution < -0.4 is 0 Å². The first-order valence-electron chi connectivity index (χ1n) is 11.3. The van der Waals surface area contributed by atoms with Crippen molar-refractivity contribution in [2.45, 2.75) is 26.2 Å². The molecule has 0 amide bonds. The monoisotopic (exact) mass is 638 g/mol. The van der Waals surface area contributed by atoms with E-state index in [4.69, 9.17) is 4.42 Å². The van der Waals surface area contributed by atoms with Crippen molar-refractivity contribution in [2.24, 2.45) is 0 Å². The molecule has 5 heteroatoms. The minimum absolute atomic E-state index is 0. The number of benzene rings is 3. The van der Waals surface area contributed by atoms with Crippen LogP contribution in [0.5, 0.6) is 0 Å². The molecule has 0 spiro atoms. The Morgan fingerprint density at radius 3 is 2.40 bits per heavy atom.